The molecule has 2 rings (SSSR count). The molecule has 0 aromatic heterocycles. The molecule has 23 heavy (non-hydrogen) atoms. The van der Waals surface area contributed by atoms with Crippen LogP contribution in [-0.2, 0) is 4.79 Å². The Labute approximate surface area is 154 Å². The van der Waals surface area contributed by atoms with E-state index in [0.717, 1.165) is 19.5 Å². The number of carbonyl (C=O) groups is 1. The molecule has 4 nitrogen and oxygen atoms in total. The molecule has 138 valence electrons. The van der Waals surface area contributed by atoms with Crippen molar-refractivity contribution in [1.29, 1.82) is 0 Å². The van der Waals surface area contributed by atoms with E-state index in [2.05, 4.69) is 29.4 Å². The van der Waals surface area contributed by atoms with Gasteiger partial charge in [-0.3, -0.25) is 9.69 Å². The van der Waals surface area contributed by atoms with Gasteiger partial charge >= 0.3 is 0 Å². The van der Waals surface area contributed by atoms with Crippen molar-refractivity contribution in [1.82, 2.24) is 15.5 Å². The molecule has 2 heterocycles. The second-order valence-corrected chi connectivity index (χ2v) is 6.63. The summed E-state index contributed by atoms with van der Waals surface area (Å²) in [6.45, 7) is 8.78. The van der Waals surface area contributed by atoms with Gasteiger partial charge in [0.2, 0.25) is 5.91 Å². The first-order chi connectivity index (χ1) is 10.3. The minimum absolute atomic E-state index is 0. The Hall–Kier alpha value is -0.0300. The van der Waals surface area contributed by atoms with Crippen LogP contribution in [-0.4, -0.2) is 49.1 Å². The third-order valence-electron chi connectivity index (χ3n) is 5.31. The van der Waals surface area contributed by atoms with E-state index in [1.54, 1.807) is 0 Å². The highest BCUT2D eigenvalue weighted by Gasteiger charge is 2.29. The van der Waals surface area contributed by atoms with Crippen LogP contribution in [0.4, 0.5) is 0 Å². The fraction of sp³-hybridized carbons (Fsp3) is 0.941. The van der Waals surface area contributed by atoms with Gasteiger partial charge < -0.3 is 10.6 Å². The van der Waals surface area contributed by atoms with Gasteiger partial charge in [-0.05, 0) is 51.2 Å². The number of halogens is 2. The highest BCUT2D eigenvalue weighted by molar-refractivity contribution is 5.85. The van der Waals surface area contributed by atoms with E-state index < -0.39 is 0 Å². The van der Waals surface area contributed by atoms with E-state index in [1.807, 2.05) is 0 Å². The van der Waals surface area contributed by atoms with Crippen LogP contribution in [0.2, 0.25) is 0 Å². The smallest absolute Gasteiger partial charge is 0.237 e. The largest absolute Gasteiger partial charge is 0.353 e. The van der Waals surface area contributed by atoms with Crippen molar-refractivity contribution in [2.75, 3.05) is 26.2 Å². The van der Waals surface area contributed by atoms with Gasteiger partial charge in [0.25, 0.3) is 0 Å². The first-order valence-electron chi connectivity index (χ1n) is 9.01. The maximum atomic E-state index is 12.3. The monoisotopic (exact) mass is 367 g/mol. The van der Waals surface area contributed by atoms with Gasteiger partial charge in [0.05, 0.1) is 6.04 Å². The highest BCUT2D eigenvalue weighted by Crippen LogP contribution is 2.22. The van der Waals surface area contributed by atoms with Crippen LogP contribution in [0.5, 0.6) is 0 Å². The lowest BCUT2D eigenvalue weighted by Crippen LogP contribution is -2.52. The molecule has 6 heteroatoms. The summed E-state index contributed by atoms with van der Waals surface area (Å²) in [4.78, 5) is 14.9. The zero-order chi connectivity index (χ0) is 15.1. The lowest BCUT2D eigenvalue weighted by molar-refractivity contribution is -0.124. The number of amides is 1. The van der Waals surface area contributed by atoms with E-state index in [9.17, 15) is 4.79 Å². The molecule has 1 amide bonds. The molecule has 2 aliphatic rings. The van der Waals surface area contributed by atoms with Crippen molar-refractivity contribution >= 4 is 30.7 Å². The molecule has 2 fully saturated rings. The first-order valence-corrected chi connectivity index (χ1v) is 9.01. The molecule has 0 aromatic carbocycles. The van der Waals surface area contributed by atoms with Gasteiger partial charge in [0, 0.05) is 12.6 Å². The van der Waals surface area contributed by atoms with Crippen LogP contribution in [0.25, 0.3) is 0 Å². The van der Waals surface area contributed by atoms with Gasteiger partial charge in [-0.2, -0.15) is 0 Å². The third-order valence-corrected chi connectivity index (χ3v) is 5.31. The number of rotatable bonds is 7. The number of hydrogen-bond donors (Lipinski definition) is 2. The molecule has 2 aliphatic heterocycles. The molecule has 0 aliphatic carbocycles. The third kappa shape index (κ3) is 6.77. The molecule has 0 bridgehead atoms. The number of likely N-dealkylation sites (tertiary alicyclic amines) is 1. The lowest BCUT2D eigenvalue weighted by atomic mass is 9.92. The minimum atomic E-state index is 0. The fourth-order valence-corrected chi connectivity index (χ4v) is 3.90. The van der Waals surface area contributed by atoms with Crippen LogP contribution in [0.15, 0.2) is 0 Å². The number of carbonyl (C=O) groups excluding carboxylic acids is 1. The normalized spacial score (nSPS) is 23.0. The molecular formula is C17H35Cl2N3O. The minimum Gasteiger partial charge on any atom is -0.353 e. The van der Waals surface area contributed by atoms with Crippen molar-refractivity contribution in [2.45, 2.75) is 70.9 Å². The number of hydrogen-bond acceptors (Lipinski definition) is 3. The van der Waals surface area contributed by atoms with Gasteiger partial charge in [-0.1, -0.05) is 33.1 Å². The van der Waals surface area contributed by atoms with Crippen LogP contribution in [0.1, 0.15) is 58.8 Å². The van der Waals surface area contributed by atoms with Gasteiger partial charge in [-0.15, -0.1) is 24.8 Å². The summed E-state index contributed by atoms with van der Waals surface area (Å²) in [5.74, 6) is 0.910. The highest BCUT2D eigenvalue weighted by atomic mass is 35.5. The summed E-state index contributed by atoms with van der Waals surface area (Å²) >= 11 is 0. The van der Waals surface area contributed by atoms with E-state index in [4.69, 9.17) is 0 Å². The Morgan fingerprint density at radius 1 is 1.13 bits per heavy atom. The van der Waals surface area contributed by atoms with E-state index in [-0.39, 0.29) is 36.8 Å². The van der Waals surface area contributed by atoms with Crippen LogP contribution in [0, 0.1) is 5.92 Å². The maximum Gasteiger partial charge on any atom is 0.237 e. The summed E-state index contributed by atoms with van der Waals surface area (Å²) in [7, 11) is 0. The molecular weight excluding hydrogens is 333 g/mol. The molecule has 2 atom stereocenters. The standard InChI is InChI=1S/C17H33N3O.2ClH/c1-3-14(4-2)16(20-11-7-8-12-20)13-19-17(21)15-9-5-6-10-18-15;;/h14-16,18H,3-13H2,1-2H3,(H,19,21);2*1H. The van der Waals surface area contributed by atoms with Gasteiger partial charge in [0.1, 0.15) is 0 Å². The lowest BCUT2D eigenvalue weighted by Gasteiger charge is -2.34. The molecule has 2 saturated heterocycles. The second-order valence-electron chi connectivity index (χ2n) is 6.63. The van der Waals surface area contributed by atoms with Crippen molar-refractivity contribution in [2.24, 2.45) is 5.92 Å². The predicted octanol–water partition coefficient (Wildman–Crippen LogP) is 2.99. The van der Waals surface area contributed by atoms with Crippen molar-refractivity contribution in [3.8, 4) is 0 Å². The van der Waals surface area contributed by atoms with E-state index in [0.29, 0.717) is 12.0 Å². The Balaban J connectivity index is 0.00000242. The summed E-state index contributed by atoms with van der Waals surface area (Å²) < 4.78 is 0. The average molecular weight is 368 g/mol. The zero-order valence-corrected chi connectivity index (χ0v) is 16.3. The Bertz CT molecular complexity index is 313. The quantitative estimate of drug-likeness (QED) is 0.726. The molecule has 0 radical (unpaired) electrons. The maximum absolute atomic E-state index is 12.3. The first kappa shape index (κ1) is 23.0. The van der Waals surface area contributed by atoms with E-state index >= 15 is 0 Å². The average Bonchev–Trinajstić information content (AvgIpc) is 3.06. The number of piperidine rings is 1. The molecule has 0 saturated carbocycles. The second kappa shape index (κ2) is 12.3. The van der Waals surface area contributed by atoms with Gasteiger partial charge in [-0.25, -0.2) is 0 Å². The molecule has 0 aromatic rings. The Morgan fingerprint density at radius 3 is 2.30 bits per heavy atom. The molecule has 0 spiro atoms. The number of nitrogens with one attached hydrogen (secondary N) is 2. The SMILES string of the molecule is CCC(CC)C(CNC(=O)C1CCCCN1)N1CCCC1.Cl.Cl. The van der Waals surface area contributed by atoms with Gasteiger partial charge in [0.15, 0.2) is 0 Å². The van der Waals surface area contributed by atoms with Crippen molar-refractivity contribution < 1.29 is 4.79 Å². The van der Waals surface area contributed by atoms with Crippen molar-refractivity contribution in [3.63, 3.8) is 0 Å². The van der Waals surface area contributed by atoms with Crippen LogP contribution in [0.3, 0.4) is 0 Å². The Morgan fingerprint density at radius 2 is 1.78 bits per heavy atom. The summed E-state index contributed by atoms with van der Waals surface area (Å²) in [6.07, 6.45) is 8.40. The zero-order valence-electron chi connectivity index (χ0n) is 14.7. The number of nitrogens with zero attached hydrogens (tertiary/aromatic N) is 1. The summed E-state index contributed by atoms with van der Waals surface area (Å²) in [6, 6.07) is 0.565. The van der Waals surface area contributed by atoms with Crippen LogP contribution < -0.4 is 10.6 Å². The van der Waals surface area contributed by atoms with Crippen molar-refractivity contribution in [3.05, 3.63) is 0 Å². The topological polar surface area (TPSA) is 44.4 Å². The summed E-state index contributed by atoms with van der Waals surface area (Å²) in [5, 5.41) is 6.58. The van der Waals surface area contributed by atoms with Crippen LogP contribution >= 0.6 is 24.8 Å². The predicted molar refractivity (Wildman–Crippen MR) is 102 cm³/mol. The van der Waals surface area contributed by atoms with E-state index in [1.165, 1.54) is 51.6 Å². The summed E-state index contributed by atoms with van der Waals surface area (Å²) in [5.41, 5.74) is 0. The molecule has 2 unspecified atom stereocenters. The fourth-order valence-electron chi connectivity index (χ4n) is 3.90. The Kier molecular flexibility index (Phi) is 12.3. The molecule has 2 N–H and O–H groups in total.